The van der Waals surface area contributed by atoms with Crippen molar-refractivity contribution in [2.75, 3.05) is 0 Å². The molecule has 0 spiro atoms. The molecule has 8 heteroatoms. The van der Waals surface area contributed by atoms with E-state index in [2.05, 4.69) is 33.8 Å². The molecule has 194 valence electrons. The van der Waals surface area contributed by atoms with E-state index in [-0.39, 0.29) is 63.0 Å². The topological polar surface area (TPSA) is 74.6 Å². The van der Waals surface area contributed by atoms with E-state index in [1.165, 1.54) is 24.3 Å². The van der Waals surface area contributed by atoms with Crippen LogP contribution in [0.4, 0.5) is 4.39 Å². The van der Waals surface area contributed by atoms with Gasteiger partial charge < -0.3 is 42.7 Å². The molecule has 0 fully saturated rings. The average molecular weight is 558 g/mol. The van der Waals surface area contributed by atoms with Crippen molar-refractivity contribution in [1.82, 2.24) is 0 Å². The minimum Gasteiger partial charge on any atom is -0.521 e. The zero-order valence-corrected chi connectivity index (χ0v) is 23.0. The third-order valence-electron chi connectivity index (χ3n) is 2.04. The molecule has 0 aliphatic carbocycles. The van der Waals surface area contributed by atoms with Crippen molar-refractivity contribution >= 4 is 30.8 Å². The molecule has 0 aromatic heterocycles. The molecule has 0 aliphatic heterocycles. The molecule has 2 radical (unpaired) electrons. The van der Waals surface area contributed by atoms with Crippen LogP contribution in [0.5, 0.6) is 0 Å². The third-order valence-corrected chi connectivity index (χ3v) is 2.04. The van der Waals surface area contributed by atoms with E-state index < -0.39 is 17.8 Å². The van der Waals surface area contributed by atoms with Gasteiger partial charge in [-0.05, 0) is 12.1 Å². The monoisotopic (exact) mass is 556 g/mol. The fourth-order valence-electron chi connectivity index (χ4n) is 1.16. The number of benzene rings is 2. The Labute approximate surface area is 239 Å². The number of aromatic carboxylic acids is 2. The van der Waals surface area contributed by atoms with Gasteiger partial charge in [-0.2, -0.15) is 25.7 Å². The number of carbonyl (C=O) groups is 2. The van der Waals surface area contributed by atoms with Crippen LogP contribution in [-0.4, -0.2) is 41.0 Å². The molecule has 0 atom stereocenters. The van der Waals surface area contributed by atoms with Crippen LogP contribution >= 0.6 is 0 Å². The van der Waals surface area contributed by atoms with Gasteiger partial charge in [0.2, 0.25) is 5.97 Å². The fraction of sp³-hybridized carbons (Fsp3) is 0.308. The second-order valence-corrected chi connectivity index (χ2v) is 5.37. The summed E-state index contributed by atoms with van der Waals surface area (Å²) in [6.45, 7) is 22.0. The van der Waals surface area contributed by atoms with Crippen LogP contribution in [0.2, 0.25) is 0 Å². The van der Waals surface area contributed by atoms with Gasteiger partial charge in [-0.25, -0.2) is 9.18 Å². The maximum Gasteiger partial charge on any atom is 3.00 e. The predicted molar refractivity (Wildman–Crippen MR) is 134 cm³/mol. The molecule has 0 bridgehead atoms. The summed E-state index contributed by atoms with van der Waals surface area (Å²) >= 11 is 0. The van der Waals surface area contributed by atoms with Gasteiger partial charge in [0.15, 0.2) is 0 Å². The summed E-state index contributed by atoms with van der Waals surface area (Å²) in [5.74, 6) is -2.87. The van der Waals surface area contributed by atoms with E-state index in [0.29, 0.717) is 0 Å². The average Bonchev–Trinajstić information content (AvgIpc) is 2.72. The molecule has 4 nitrogen and oxygen atoms in total. The standard InChI is InChI=1S/C7H5FO2.C7H5O2.4C3H7.Li.2Ni/c8-6-4-2-1-3-5(6)7(9)10;8-7(9)6-4-2-1-3-5-6;4*1-3-2;;;/h1-4H,(H,9,10);1-4H,(H,8,9);4*1,3H2,2H3;;;/q;5*-1;;+2;+3. The van der Waals surface area contributed by atoms with E-state index >= 15 is 0 Å². The maximum atomic E-state index is 12.5. The summed E-state index contributed by atoms with van der Waals surface area (Å²) < 4.78 is 12.5. The van der Waals surface area contributed by atoms with Crippen LogP contribution in [0.3, 0.4) is 0 Å². The number of carboxylic acids is 2. The number of hydrogen-bond acceptors (Lipinski definition) is 2. The Hall–Kier alpha value is -1.11. The van der Waals surface area contributed by atoms with E-state index in [4.69, 9.17) is 10.2 Å². The first kappa shape index (κ1) is 49.9. The zero-order valence-electron chi connectivity index (χ0n) is 21.0. The molecular formula is C26H38FLiNi2O4. The summed E-state index contributed by atoms with van der Waals surface area (Å²) in [5, 5.41) is 16.7. The molecule has 0 amide bonds. The Bertz CT molecular complexity index is 638. The summed E-state index contributed by atoms with van der Waals surface area (Å²) in [5.41, 5.74) is -0.0833. The molecule has 0 aliphatic rings. The van der Waals surface area contributed by atoms with Crippen LogP contribution < -0.4 is 0 Å². The molecule has 0 heterocycles. The molecule has 2 N–H and O–H groups in total. The summed E-state index contributed by atoms with van der Waals surface area (Å²) in [6, 6.07) is 14.3. The van der Waals surface area contributed by atoms with E-state index in [1.807, 2.05) is 27.7 Å². The third kappa shape index (κ3) is 41.2. The predicted octanol–water partition coefficient (Wildman–Crippen LogP) is 7.25. The van der Waals surface area contributed by atoms with Crippen LogP contribution in [-0.2, 0) is 33.0 Å². The van der Waals surface area contributed by atoms with Crippen LogP contribution in [0.1, 0.15) is 74.1 Å². The zero-order chi connectivity index (χ0) is 25.1. The Morgan fingerprint density at radius 1 is 0.794 bits per heavy atom. The first-order valence-electron chi connectivity index (χ1n) is 10.0. The molecular weight excluding hydrogens is 520 g/mol. The Morgan fingerprint density at radius 3 is 1.35 bits per heavy atom. The smallest absolute Gasteiger partial charge is 0.521 e. The molecule has 34 heavy (non-hydrogen) atoms. The Kier molecular flexibility index (Phi) is 61.8. The second-order valence-electron chi connectivity index (χ2n) is 5.37. The Morgan fingerprint density at radius 2 is 1.15 bits per heavy atom. The van der Waals surface area contributed by atoms with Crippen molar-refractivity contribution in [2.45, 2.75) is 53.4 Å². The van der Waals surface area contributed by atoms with Crippen molar-refractivity contribution < 1.29 is 57.2 Å². The van der Waals surface area contributed by atoms with Gasteiger partial charge >= 0.3 is 39.0 Å². The largest absolute Gasteiger partial charge is 3.00 e. The van der Waals surface area contributed by atoms with Crippen molar-refractivity contribution in [1.29, 1.82) is 0 Å². The molecule has 2 rings (SSSR count). The summed E-state index contributed by atoms with van der Waals surface area (Å²) in [7, 11) is 0. The van der Waals surface area contributed by atoms with Gasteiger partial charge in [-0.15, -0.1) is 30.3 Å². The van der Waals surface area contributed by atoms with Gasteiger partial charge in [-0.1, -0.05) is 45.4 Å². The molecule has 0 saturated carbocycles. The summed E-state index contributed by atoms with van der Waals surface area (Å²) in [4.78, 5) is 20.4. The van der Waals surface area contributed by atoms with Crippen LogP contribution in [0, 0.1) is 39.6 Å². The Balaban J connectivity index is -0.0000000559. The van der Waals surface area contributed by atoms with Gasteiger partial charge in [0, 0.05) is 18.9 Å². The number of carboxylic acid groups (broad SMARTS) is 2. The van der Waals surface area contributed by atoms with Gasteiger partial charge in [0.1, 0.15) is 5.82 Å². The number of rotatable bonds is 2. The van der Waals surface area contributed by atoms with Crippen LogP contribution in [0.15, 0.2) is 48.5 Å². The van der Waals surface area contributed by atoms with Crippen molar-refractivity contribution in [3.05, 3.63) is 99.2 Å². The second kappa shape index (κ2) is 42.1. The quantitative estimate of drug-likeness (QED) is 0.301. The van der Waals surface area contributed by atoms with Crippen LogP contribution in [0.25, 0.3) is 0 Å². The fourth-order valence-corrected chi connectivity index (χ4v) is 1.16. The van der Waals surface area contributed by atoms with E-state index in [9.17, 15) is 14.0 Å². The van der Waals surface area contributed by atoms with Gasteiger partial charge in [-0.3, -0.25) is 0 Å². The molecule has 0 saturated heterocycles. The van der Waals surface area contributed by atoms with Gasteiger partial charge in [0.05, 0.1) is 5.56 Å². The number of halogens is 1. The summed E-state index contributed by atoms with van der Waals surface area (Å²) in [6.07, 6.45) is 4.00. The van der Waals surface area contributed by atoms with E-state index in [0.717, 1.165) is 31.7 Å². The van der Waals surface area contributed by atoms with Crippen molar-refractivity contribution in [3.63, 3.8) is 0 Å². The normalized spacial score (nSPS) is 7.21. The minimum absolute atomic E-state index is 0. The molecule has 2 aromatic rings. The van der Waals surface area contributed by atoms with Crippen molar-refractivity contribution in [2.24, 2.45) is 0 Å². The number of hydrogen-bond donors (Lipinski definition) is 2. The van der Waals surface area contributed by atoms with E-state index in [1.54, 1.807) is 18.2 Å². The van der Waals surface area contributed by atoms with Crippen molar-refractivity contribution in [3.8, 4) is 0 Å². The minimum atomic E-state index is -1.24. The molecule has 2 aromatic carbocycles. The first-order chi connectivity index (χ1) is 14.7. The first-order valence-corrected chi connectivity index (χ1v) is 10.0. The SMILES string of the molecule is O=C(O)c1[c-]cccc1.O=C(O)c1ccccc1F.[CH2-]CC.[CH2-]CC.[CH2-]CC.[CH2-]CC.[Li].[Ni+2].[Ni+3]. The molecule has 0 unspecified atom stereocenters. The van der Waals surface area contributed by atoms with Gasteiger partial charge in [0.25, 0.3) is 0 Å². The maximum absolute atomic E-state index is 12.5.